The first-order valence-electron chi connectivity index (χ1n) is 6.22. The van der Waals surface area contributed by atoms with Crippen molar-refractivity contribution in [3.63, 3.8) is 0 Å². The van der Waals surface area contributed by atoms with Crippen molar-refractivity contribution in [1.82, 2.24) is 15.1 Å². The molecule has 0 bridgehead atoms. The molecule has 3 aromatic rings. The van der Waals surface area contributed by atoms with Gasteiger partial charge in [-0.15, -0.1) is 0 Å². The molecule has 0 aliphatic heterocycles. The number of hydrogen-bond acceptors (Lipinski definition) is 3. The van der Waals surface area contributed by atoms with Gasteiger partial charge in [0, 0.05) is 28.6 Å². The van der Waals surface area contributed by atoms with E-state index in [0.717, 1.165) is 17.0 Å². The second-order valence-corrected chi connectivity index (χ2v) is 5.06. The van der Waals surface area contributed by atoms with E-state index < -0.39 is 0 Å². The van der Waals surface area contributed by atoms with Crippen LogP contribution in [0, 0.1) is 5.92 Å². The van der Waals surface area contributed by atoms with E-state index in [-0.39, 0.29) is 0 Å². The van der Waals surface area contributed by atoms with Crippen LogP contribution >= 0.6 is 0 Å². The number of benzene rings is 1. The number of hydrogen-bond donors (Lipinski definition) is 1. The zero-order valence-electron chi connectivity index (χ0n) is 10.1. The molecule has 0 unspecified atom stereocenters. The number of rotatable bonds is 2. The van der Waals surface area contributed by atoms with Crippen molar-refractivity contribution < 1.29 is 4.52 Å². The summed E-state index contributed by atoms with van der Waals surface area (Å²) in [6, 6.07) is 8.18. The fraction of sp³-hybridized carbons (Fsp3) is 0.286. The second-order valence-electron chi connectivity index (χ2n) is 5.06. The van der Waals surface area contributed by atoms with Crippen LogP contribution in [-0.2, 0) is 0 Å². The van der Waals surface area contributed by atoms with Gasteiger partial charge in [-0.05, 0) is 36.6 Å². The maximum absolute atomic E-state index is 5.34. The van der Waals surface area contributed by atoms with Crippen LogP contribution in [-0.4, -0.2) is 15.1 Å². The molecule has 4 rings (SSSR count). The van der Waals surface area contributed by atoms with Crippen LogP contribution in [0.2, 0.25) is 0 Å². The van der Waals surface area contributed by atoms with Gasteiger partial charge in [-0.1, -0.05) is 12.1 Å². The highest BCUT2D eigenvalue weighted by Gasteiger charge is 2.38. The molecule has 0 amide bonds. The van der Waals surface area contributed by atoms with Crippen molar-refractivity contribution in [2.75, 3.05) is 0 Å². The predicted octanol–water partition coefficient (Wildman–Crippen LogP) is 3.34. The molecule has 2 atom stereocenters. The Morgan fingerprint density at radius 2 is 2.22 bits per heavy atom. The minimum absolute atomic E-state index is 0.474. The van der Waals surface area contributed by atoms with Gasteiger partial charge in [0.2, 0.25) is 11.7 Å². The van der Waals surface area contributed by atoms with Gasteiger partial charge in [-0.2, -0.15) is 4.98 Å². The number of aromatic nitrogens is 3. The summed E-state index contributed by atoms with van der Waals surface area (Å²) < 4.78 is 5.34. The number of H-pyrrole nitrogens is 1. The van der Waals surface area contributed by atoms with Crippen LogP contribution in [0.15, 0.2) is 35.0 Å². The lowest BCUT2D eigenvalue weighted by atomic mass is 10.1. The van der Waals surface area contributed by atoms with E-state index in [1.54, 1.807) is 0 Å². The Bertz CT molecular complexity index is 712. The minimum atomic E-state index is 0.474. The van der Waals surface area contributed by atoms with Crippen molar-refractivity contribution >= 4 is 10.9 Å². The first-order valence-corrected chi connectivity index (χ1v) is 6.22. The first-order chi connectivity index (χ1) is 8.81. The smallest absolute Gasteiger partial charge is 0.230 e. The Morgan fingerprint density at radius 3 is 3.06 bits per heavy atom. The molecule has 2 aromatic heterocycles. The third-order valence-electron chi connectivity index (χ3n) is 3.68. The zero-order valence-corrected chi connectivity index (χ0v) is 10.1. The van der Waals surface area contributed by atoms with Gasteiger partial charge in [0.05, 0.1) is 0 Å². The van der Waals surface area contributed by atoms with E-state index in [0.29, 0.717) is 17.7 Å². The maximum atomic E-state index is 5.34. The maximum Gasteiger partial charge on any atom is 0.230 e. The normalized spacial score (nSPS) is 22.5. The number of fused-ring (bicyclic) bond motifs is 1. The lowest BCUT2D eigenvalue weighted by Crippen LogP contribution is -1.83. The third-order valence-corrected chi connectivity index (χ3v) is 3.68. The van der Waals surface area contributed by atoms with Crippen LogP contribution in [0.5, 0.6) is 0 Å². The zero-order chi connectivity index (χ0) is 12.1. The SMILES string of the molecule is C[C@@H]1C[C@@H]1c1nc(-c2ccc3[nH]ccc3c2)no1. The molecule has 1 aliphatic rings. The topological polar surface area (TPSA) is 54.7 Å². The fourth-order valence-electron chi connectivity index (χ4n) is 2.36. The van der Waals surface area contributed by atoms with E-state index in [4.69, 9.17) is 4.52 Å². The Morgan fingerprint density at radius 1 is 1.33 bits per heavy atom. The van der Waals surface area contributed by atoms with Gasteiger partial charge in [0.15, 0.2) is 0 Å². The minimum Gasteiger partial charge on any atom is -0.361 e. The summed E-state index contributed by atoms with van der Waals surface area (Å²) in [7, 11) is 0. The van der Waals surface area contributed by atoms with Gasteiger partial charge in [0.25, 0.3) is 0 Å². The van der Waals surface area contributed by atoms with Crippen LogP contribution in [0.25, 0.3) is 22.3 Å². The average Bonchev–Trinajstić information content (AvgIpc) is 2.88. The fourth-order valence-corrected chi connectivity index (χ4v) is 2.36. The molecule has 90 valence electrons. The molecule has 0 radical (unpaired) electrons. The van der Waals surface area contributed by atoms with Gasteiger partial charge < -0.3 is 9.51 Å². The van der Waals surface area contributed by atoms with Crippen LogP contribution < -0.4 is 0 Å². The van der Waals surface area contributed by atoms with E-state index in [2.05, 4.69) is 28.1 Å². The number of nitrogens with one attached hydrogen (secondary N) is 1. The highest BCUT2D eigenvalue weighted by molar-refractivity contribution is 5.83. The van der Waals surface area contributed by atoms with Crippen molar-refractivity contribution in [1.29, 1.82) is 0 Å². The molecule has 4 heteroatoms. The standard InChI is InChI=1S/C14H13N3O/c1-8-6-11(8)14-16-13(17-18-14)10-2-3-12-9(7-10)4-5-15-12/h2-5,7-8,11,15H,6H2,1H3/t8-,11+/m1/s1. The second kappa shape index (κ2) is 3.45. The molecule has 4 nitrogen and oxygen atoms in total. The van der Waals surface area contributed by atoms with Crippen LogP contribution in [0.4, 0.5) is 0 Å². The molecular formula is C14H13N3O. The summed E-state index contributed by atoms with van der Waals surface area (Å²) >= 11 is 0. The van der Waals surface area contributed by atoms with Crippen LogP contribution in [0.3, 0.4) is 0 Å². The molecule has 0 spiro atoms. The Kier molecular flexibility index (Phi) is 1.89. The average molecular weight is 239 g/mol. The summed E-state index contributed by atoms with van der Waals surface area (Å²) in [5.41, 5.74) is 2.13. The molecule has 1 aliphatic carbocycles. The first kappa shape index (κ1) is 9.88. The molecular weight excluding hydrogens is 226 g/mol. The summed E-state index contributed by atoms with van der Waals surface area (Å²) in [4.78, 5) is 7.67. The van der Waals surface area contributed by atoms with E-state index >= 15 is 0 Å². The Hall–Kier alpha value is -2.10. The molecule has 1 fully saturated rings. The molecule has 1 saturated carbocycles. The van der Waals surface area contributed by atoms with Crippen molar-refractivity contribution in [3.05, 3.63) is 36.4 Å². The highest BCUT2D eigenvalue weighted by Crippen LogP contribution is 2.46. The summed E-state index contributed by atoms with van der Waals surface area (Å²) in [6.45, 7) is 2.21. The van der Waals surface area contributed by atoms with Crippen molar-refractivity contribution in [2.45, 2.75) is 19.3 Å². The van der Waals surface area contributed by atoms with Gasteiger partial charge in [-0.3, -0.25) is 0 Å². The Labute approximate surface area is 104 Å². The van der Waals surface area contributed by atoms with Crippen molar-refractivity contribution in [3.8, 4) is 11.4 Å². The molecule has 2 heterocycles. The van der Waals surface area contributed by atoms with Gasteiger partial charge in [-0.25, -0.2) is 0 Å². The summed E-state index contributed by atoms with van der Waals surface area (Å²) in [6.07, 6.45) is 3.10. The van der Waals surface area contributed by atoms with E-state index in [1.807, 2.05) is 24.4 Å². The summed E-state index contributed by atoms with van der Waals surface area (Å²) in [5, 5.41) is 5.24. The van der Waals surface area contributed by atoms with Gasteiger partial charge in [0.1, 0.15) is 0 Å². The largest absolute Gasteiger partial charge is 0.361 e. The quantitative estimate of drug-likeness (QED) is 0.746. The molecule has 18 heavy (non-hydrogen) atoms. The lowest BCUT2D eigenvalue weighted by Gasteiger charge is -1.94. The third kappa shape index (κ3) is 1.45. The van der Waals surface area contributed by atoms with Crippen LogP contribution in [0.1, 0.15) is 25.2 Å². The predicted molar refractivity (Wildman–Crippen MR) is 68.1 cm³/mol. The molecule has 1 N–H and O–H groups in total. The lowest BCUT2D eigenvalue weighted by molar-refractivity contribution is 0.377. The summed E-state index contributed by atoms with van der Waals surface area (Å²) in [5.74, 6) is 2.63. The van der Waals surface area contributed by atoms with Gasteiger partial charge >= 0.3 is 0 Å². The molecule has 1 aromatic carbocycles. The number of aromatic amines is 1. The van der Waals surface area contributed by atoms with E-state index in [9.17, 15) is 0 Å². The van der Waals surface area contributed by atoms with Crippen molar-refractivity contribution in [2.24, 2.45) is 5.92 Å². The monoisotopic (exact) mass is 239 g/mol. The molecule has 0 saturated heterocycles. The number of nitrogens with zero attached hydrogens (tertiary/aromatic N) is 2. The highest BCUT2D eigenvalue weighted by atomic mass is 16.5. The van der Waals surface area contributed by atoms with E-state index in [1.165, 1.54) is 11.8 Å². The Balaban J connectivity index is 1.74.